The van der Waals surface area contributed by atoms with Crippen LogP contribution in [0.15, 0.2) is 60.7 Å². The van der Waals surface area contributed by atoms with Crippen molar-refractivity contribution in [3.05, 3.63) is 71.8 Å². The van der Waals surface area contributed by atoms with Gasteiger partial charge in [0.1, 0.15) is 11.5 Å². The lowest BCUT2D eigenvalue weighted by molar-refractivity contribution is 0.515. The van der Waals surface area contributed by atoms with E-state index in [4.69, 9.17) is 10.00 Å². The van der Waals surface area contributed by atoms with Gasteiger partial charge < -0.3 is 4.74 Å². The highest BCUT2D eigenvalue weighted by molar-refractivity contribution is 5.64. The first kappa shape index (κ1) is 11.9. The molecule has 2 nitrogen and oxygen atoms in total. The predicted octanol–water partition coefficient (Wildman–Crippen LogP) is 3.94. The molecular formula is C16H13NO. The van der Waals surface area contributed by atoms with Crippen LogP contribution in [0, 0.1) is 18.3 Å². The molecule has 88 valence electrons. The van der Waals surface area contributed by atoms with Crippen LogP contribution in [0.4, 0.5) is 0 Å². The van der Waals surface area contributed by atoms with E-state index in [1.54, 1.807) is 0 Å². The van der Waals surface area contributed by atoms with E-state index in [9.17, 15) is 0 Å². The molecule has 2 aromatic rings. The van der Waals surface area contributed by atoms with Crippen LogP contribution in [-0.4, -0.2) is 0 Å². The average Bonchev–Trinajstić information content (AvgIpc) is 2.42. The van der Waals surface area contributed by atoms with Gasteiger partial charge in [-0.1, -0.05) is 48.0 Å². The van der Waals surface area contributed by atoms with Gasteiger partial charge in [0.2, 0.25) is 0 Å². The Kier molecular flexibility index (Phi) is 3.78. The summed E-state index contributed by atoms with van der Waals surface area (Å²) in [6.07, 6.45) is 1.41. The van der Waals surface area contributed by atoms with Crippen molar-refractivity contribution in [3.63, 3.8) is 0 Å². The van der Waals surface area contributed by atoms with E-state index in [1.165, 1.54) is 11.6 Å². The highest BCUT2D eigenvalue weighted by Crippen LogP contribution is 2.21. The topological polar surface area (TPSA) is 33.0 Å². The minimum Gasteiger partial charge on any atom is -0.456 e. The predicted molar refractivity (Wildman–Crippen MR) is 71.8 cm³/mol. The molecule has 0 N–H and O–H groups in total. The summed E-state index contributed by atoms with van der Waals surface area (Å²) < 4.78 is 5.73. The Balaban J connectivity index is 2.26. The molecule has 0 aliphatic rings. The summed E-state index contributed by atoms with van der Waals surface area (Å²) in [6, 6.07) is 19.3. The first-order valence-corrected chi connectivity index (χ1v) is 5.69. The molecule has 0 unspecified atom stereocenters. The largest absolute Gasteiger partial charge is 0.456 e. The number of hydrogen-bond acceptors (Lipinski definition) is 2. The van der Waals surface area contributed by atoms with Gasteiger partial charge >= 0.3 is 0 Å². The summed E-state index contributed by atoms with van der Waals surface area (Å²) in [4.78, 5) is 0. The van der Waals surface area contributed by atoms with Crippen molar-refractivity contribution in [2.24, 2.45) is 0 Å². The van der Waals surface area contributed by atoms with Gasteiger partial charge in [0, 0.05) is 5.56 Å². The van der Waals surface area contributed by atoms with Crippen molar-refractivity contribution in [2.75, 3.05) is 0 Å². The standard InChI is InChI=1S/C16H13NO/c1-13-7-9-15(10-8-13)18-16(11-12-17)14-5-3-2-4-6-14/h2-11H,1H3/b16-11-. The molecule has 2 rings (SSSR count). The molecule has 0 bridgehead atoms. The number of nitriles is 1. The van der Waals surface area contributed by atoms with Crippen molar-refractivity contribution >= 4 is 5.76 Å². The molecule has 0 aliphatic heterocycles. The van der Waals surface area contributed by atoms with Crippen molar-refractivity contribution in [1.29, 1.82) is 5.26 Å². The number of allylic oxidation sites excluding steroid dienone is 1. The van der Waals surface area contributed by atoms with Gasteiger partial charge in [-0.3, -0.25) is 0 Å². The maximum Gasteiger partial charge on any atom is 0.145 e. The van der Waals surface area contributed by atoms with Crippen LogP contribution in [-0.2, 0) is 0 Å². The average molecular weight is 235 g/mol. The number of rotatable bonds is 3. The Labute approximate surface area is 107 Å². The van der Waals surface area contributed by atoms with Gasteiger partial charge in [0.25, 0.3) is 0 Å². The van der Waals surface area contributed by atoms with Crippen LogP contribution in [0.2, 0.25) is 0 Å². The van der Waals surface area contributed by atoms with Crippen molar-refractivity contribution in [3.8, 4) is 11.8 Å². The number of hydrogen-bond donors (Lipinski definition) is 0. The molecule has 0 saturated heterocycles. The van der Waals surface area contributed by atoms with Crippen molar-refractivity contribution in [2.45, 2.75) is 6.92 Å². The Bertz CT molecular complexity index is 577. The summed E-state index contributed by atoms with van der Waals surface area (Å²) in [5.74, 6) is 1.29. The lowest BCUT2D eigenvalue weighted by Crippen LogP contribution is -1.94. The normalized spacial score (nSPS) is 10.8. The van der Waals surface area contributed by atoms with Crippen molar-refractivity contribution in [1.82, 2.24) is 0 Å². The zero-order valence-electron chi connectivity index (χ0n) is 10.1. The molecule has 0 heterocycles. The Morgan fingerprint density at radius 3 is 2.33 bits per heavy atom. The molecule has 18 heavy (non-hydrogen) atoms. The lowest BCUT2D eigenvalue weighted by Gasteiger charge is -2.09. The quantitative estimate of drug-likeness (QED) is 0.596. The van der Waals surface area contributed by atoms with Crippen LogP contribution >= 0.6 is 0 Å². The van der Waals surface area contributed by atoms with E-state index in [-0.39, 0.29) is 0 Å². The van der Waals surface area contributed by atoms with Crippen LogP contribution in [0.1, 0.15) is 11.1 Å². The fraction of sp³-hybridized carbons (Fsp3) is 0.0625. The molecule has 0 fully saturated rings. The fourth-order valence-corrected chi connectivity index (χ4v) is 1.57. The van der Waals surface area contributed by atoms with E-state index >= 15 is 0 Å². The van der Waals surface area contributed by atoms with Crippen LogP contribution < -0.4 is 4.74 Å². The summed E-state index contributed by atoms with van der Waals surface area (Å²) in [6.45, 7) is 2.02. The number of benzene rings is 2. The summed E-state index contributed by atoms with van der Waals surface area (Å²) >= 11 is 0. The van der Waals surface area contributed by atoms with Gasteiger partial charge in [0.15, 0.2) is 0 Å². The van der Waals surface area contributed by atoms with Gasteiger partial charge in [-0.2, -0.15) is 5.26 Å². The maximum absolute atomic E-state index is 8.81. The molecule has 0 amide bonds. The highest BCUT2D eigenvalue weighted by atomic mass is 16.5. The molecular weight excluding hydrogens is 222 g/mol. The Hall–Kier alpha value is -2.53. The highest BCUT2D eigenvalue weighted by Gasteiger charge is 2.03. The van der Waals surface area contributed by atoms with E-state index in [2.05, 4.69) is 0 Å². The molecule has 0 saturated carbocycles. The first-order valence-electron chi connectivity index (χ1n) is 5.69. The molecule has 0 aliphatic carbocycles. The van der Waals surface area contributed by atoms with Crippen LogP contribution in [0.25, 0.3) is 5.76 Å². The summed E-state index contributed by atoms with van der Waals surface area (Å²) in [5.41, 5.74) is 2.06. The summed E-state index contributed by atoms with van der Waals surface area (Å²) in [7, 11) is 0. The lowest BCUT2D eigenvalue weighted by atomic mass is 10.2. The third-order valence-electron chi connectivity index (χ3n) is 2.50. The van der Waals surface area contributed by atoms with Gasteiger partial charge in [-0.05, 0) is 19.1 Å². The minimum absolute atomic E-state index is 0.557. The molecule has 0 aromatic heterocycles. The third kappa shape index (κ3) is 2.99. The van der Waals surface area contributed by atoms with Gasteiger partial charge in [-0.15, -0.1) is 0 Å². The van der Waals surface area contributed by atoms with Crippen LogP contribution in [0.5, 0.6) is 5.75 Å². The molecule has 0 atom stereocenters. The third-order valence-corrected chi connectivity index (χ3v) is 2.50. The van der Waals surface area contributed by atoms with E-state index in [0.717, 1.165) is 11.3 Å². The van der Waals surface area contributed by atoms with E-state index in [1.807, 2.05) is 67.6 Å². The van der Waals surface area contributed by atoms with E-state index in [0.29, 0.717) is 5.76 Å². The SMILES string of the molecule is Cc1ccc(O/C(=C\C#N)c2ccccc2)cc1. The van der Waals surface area contributed by atoms with Crippen molar-refractivity contribution < 1.29 is 4.74 Å². The summed E-state index contributed by atoms with van der Waals surface area (Å²) in [5, 5.41) is 8.81. The zero-order chi connectivity index (χ0) is 12.8. The molecule has 2 aromatic carbocycles. The Morgan fingerprint density at radius 2 is 1.72 bits per heavy atom. The number of aryl methyl sites for hydroxylation is 1. The number of nitrogens with zero attached hydrogens (tertiary/aromatic N) is 1. The zero-order valence-corrected chi connectivity index (χ0v) is 10.1. The second kappa shape index (κ2) is 5.70. The first-order chi connectivity index (χ1) is 8.79. The van der Waals surface area contributed by atoms with Gasteiger partial charge in [-0.25, -0.2) is 0 Å². The molecule has 0 spiro atoms. The Morgan fingerprint density at radius 1 is 1.06 bits per heavy atom. The molecule has 0 radical (unpaired) electrons. The number of ether oxygens (including phenoxy) is 1. The minimum atomic E-state index is 0.557. The molecule has 2 heteroatoms. The second-order valence-corrected chi connectivity index (χ2v) is 3.92. The maximum atomic E-state index is 8.81. The van der Waals surface area contributed by atoms with Gasteiger partial charge in [0.05, 0.1) is 12.1 Å². The fourth-order valence-electron chi connectivity index (χ4n) is 1.57. The monoisotopic (exact) mass is 235 g/mol. The smallest absolute Gasteiger partial charge is 0.145 e. The van der Waals surface area contributed by atoms with Crippen LogP contribution in [0.3, 0.4) is 0 Å². The second-order valence-electron chi connectivity index (χ2n) is 3.92. The van der Waals surface area contributed by atoms with E-state index < -0.39 is 0 Å².